The van der Waals surface area contributed by atoms with E-state index in [0.717, 1.165) is 4.47 Å². The van der Waals surface area contributed by atoms with Gasteiger partial charge in [-0.05, 0) is 28.1 Å². The number of aliphatic hydroxyl groups excluding tert-OH is 1. The van der Waals surface area contributed by atoms with Crippen molar-refractivity contribution in [3.8, 4) is 0 Å². The van der Waals surface area contributed by atoms with Crippen LogP contribution < -0.4 is 0 Å². The number of aliphatic hydroxyl groups is 1. The van der Waals surface area contributed by atoms with Gasteiger partial charge in [0.25, 0.3) is 0 Å². The first-order valence-corrected chi connectivity index (χ1v) is 6.52. The summed E-state index contributed by atoms with van der Waals surface area (Å²) >= 11 is 15.5. The quantitative estimate of drug-likeness (QED) is 0.835. The van der Waals surface area contributed by atoms with Crippen molar-refractivity contribution in [3.05, 3.63) is 68.1 Å². The average molecular weight is 332 g/mol. The van der Waals surface area contributed by atoms with Gasteiger partial charge in [0.1, 0.15) is 6.10 Å². The van der Waals surface area contributed by atoms with Gasteiger partial charge in [-0.2, -0.15) is 0 Å². The summed E-state index contributed by atoms with van der Waals surface area (Å²) in [6.07, 6.45) is -0.825. The van der Waals surface area contributed by atoms with Gasteiger partial charge in [0.05, 0.1) is 5.02 Å². The van der Waals surface area contributed by atoms with Crippen molar-refractivity contribution >= 4 is 39.1 Å². The molecule has 0 aliphatic heterocycles. The highest BCUT2D eigenvalue weighted by Crippen LogP contribution is 2.35. The fraction of sp³-hybridized carbons (Fsp3) is 0.0769. The van der Waals surface area contributed by atoms with Gasteiger partial charge in [-0.25, -0.2) is 0 Å². The molecule has 0 aliphatic carbocycles. The van der Waals surface area contributed by atoms with Gasteiger partial charge in [-0.1, -0.05) is 53.5 Å². The summed E-state index contributed by atoms with van der Waals surface area (Å²) in [6.45, 7) is 0. The van der Waals surface area contributed by atoms with Crippen molar-refractivity contribution in [3.63, 3.8) is 0 Å². The molecule has 4 heteroatoms. The minimum Gasteiger partial charge on any atom is -0.384 e. The van der Waals surface area contributed by atoms with Crippen LogP contribution in [-0.4, -0.2) is 5.11 Å². The number of halogens is 3. The Morgan fingerprint density at radius 2 is 1.59 bits per heavy atom. The Bertz CT molecular complexity index is 543. The predicted molar refractivity (Wildman–Crippen MR) is 74.7 cm³/mol. The molecular weight excluding hydrogens is 323 g/mol. The van der Waals surface area contributed by atoms with E-state index in [4.69, 9.17) is 23.2 Å². The monoisotopic (exact) mass is 330 g/mol. The molecule has 2 rings (SSSR count). The Labute approximate surface area is 118 Å². The van der Waals surface area contributed by atoms with E-state index in [1.54, 1.807) is 18.2 Å². The second-order valence-corrected chi connectivity index (χ2v) is 5.21. The third kappa shape index (κ3) is 2.66. The van der Waals surface area contributed by atoms with Crippen LogP contribution in [-0.2, 0) is 0 Å². The molecule has 1 N–H and O–H groups in total. The number of hydrogen-bond acceptors (Lipinski definition) is 1. The Kier molecular flexibility index (Phi) is 4.10. The Hall–Kier alpha value is -0.540. The van der Waals surface area contributed by atoms with Gasteiger partial charge in [0.15, 0.2) is 0 Å². The largest absolute Gasteiger partial charge is 0.384 e. The summed E-state index contributed by atoms with van der Waals surface area (Å²) in [4.78, 5) is 0. The van der Waals surface area contributed by atoms with Gasteiger partial charge in [-0.3, -0.25) is 0 Å². The highest BCUT2D eigenvalue weighted by atomic mass is 79.9. The van der Waals surface area contributed by atoms with Gasteiger partial charge < -0.3 is 5.11 Å². The zero-order valence-electron chi connectivity index (χ0n) is 8.70. The number of rotatable bonds is 2. The third-order valence-corrected chi connectivity index (χ3v) is 4.13. The zero-order chi connectivity index (χ0) is 12.4. The first-order valence-electron chi connectivity index (χ1n) is 4.97. The van der Waals surface area contributed by atoms with E-state index < -0.39 is 6.10 Å². The summed E-state index contributed by atoms with van der Waals surface area (Å²) in [5.41, 5.74) is 1.28. The average Bonchev–Trinajstić information content (AvgIpc) is 2.32. The van der Waals surface area contributed by atoms with Crippen molar-refractivity contribution in [2.75, 3.05) is 0 Å². The molecule has 0 aromatic heterocycles. The van der Waals surface area contributed by atoms with Crippen LogP contribution in [0.5, 0.6) is 0 Å². The van der Waals surface area contributed by atoms with Gasteiger partial charge in [0.2, 0.25) is 0 Å². The maximum absolute atomic E-state index is 10.3. The Morgan fingerprint density at radius 1 is 0.941 bits per heavy atom. The predicted octanol–water partition coefficient (Wildman–Crippen LogP) is 4.84. The van der Waals surface area contributed by atoms with Crippen LogP contribution in [0, 0.1) is 0 Å². The van der Waals surface area contributed by atoms with E-state index >= 15 is 0 Å². The van der Waals surface area contributed by atoms with Crippen molar-refractivity contribution in [2.45, 2.75) is 6.10 Å². The molecule has 0 saturated heterocycles. The minimum atomic E-state index is -0.825. The third-order valence-electron chi connectivity index (χ3n) is 2.48. The van der Waals surface area contributed by atoms with Crippen molar-refractivity contribution < 1.29 is 5.11 Å². The fourth-order valence-corrected chi connectivity index (χ4v) is 2.45. The maximum Gasteiger partial charge on any atom is 0.107 e. The van der Waals surface area contributed by atoms with Gasteiger partial charge in [0, 0.05) is 20.6 Å². The summed E-state index contributed by atoms with van der Waals surface area (Å²) in [5, 5.41) is 11.3. The molecule has 1 nitrogen and oxygen atoms in total. The van der Waals surface area contributed by atoms with Crippen molar-refractivity contribution in [1.82, 2.24) is 0 Å². The molecule has 88 valence electrons. The van der Waals surface area contributed by atoms with Crippen molar-refractivity contribution in [2.24, 2.45) is 0 Å². The smallest absolute Gasteiger partial charge is 0.107 e. The van der Waals surface area contributed by atoms with E-state index in [2.05, 4.69) is 15.9 Å². The van der Waals surface area contributed by atoms with E-state index in [-0.39, 0.29) is 0 Å². The zero-order valence-corrected chi connectivity index (χ0v) is 11.8. The SMILES string of the molecule is OC(c1ccccc1Cl)c1cccc(Br)c1Cl. The molecule has 0 spiro atoms. The Morgan fingerprint density at radius 3 is 2.29 bits per heavy atom. The lowest BCUT2D eigenvalue weighted by molar-refractivity contribution is 0.220. The normalized spacial score (nSPS) is 12.5. The van der Waals surface area contributed by atoms with Crippen molar-refractivity contribution in [1.29, 1.82) is 0 Å². The molecular formula is C13H9BrCl2O. The van der Waals surface area contributed by atoms with E-state index in [1.807, 2.05) is 24.3 Å². The molecule has 0 heterocycles. The number of hydrogen-bond donors (Lipinski definition) is 1. The topological polar surface area (TPSA) is 20.2 Å². The lowest BCUT2D eigenvalue weighted by Crippen LogP contribution is -2.01. The summed E-state index contributed by atoms with van der Waals surface area (Å²) in [6, 6.07) is 12.6. The first kappa shape index (κ1) is 12.9. The maximum atomic E-state index is 10.3. The second kappa shape index (κ2) is 5.40. The summed E-state index contributed by atoms with van der Waals surface area (Å²) in [5.74, 6) is 0. The lowest BCUT2D eigenvalue weighted by atomic mass is 10.0. The van der Waals surface area contributed by atoms with E-state index in [9.17, 15) is 5.11 Å². The molecule has 0 fully saturated rings. The number of benzene rings is 2. The van der Waals surface area contributed by atoms with Gasteiger partial charge in [-0.15, -0.1) is 0 Å². The van der Waals surface area contributed by atoms with E-state index in [1.165, 1.54) is 0 Å². The van der Waals surface area contributed by atoms with Crippen LogP contribution in [0.25, 0.3) is 0 Å². The molecule has 2 aromatic carbocycles. The van der Waals surface area contributed by atoms with Crippen LogP contribution in [0.1, 0.15) is 17.2 Å². The minimum absolute atomic E-state index is 0.500. The molecule has 0 bridgehead atoms. The van der Waals surface area contributed by atoms with Crippen LogP contribution in [0.3, 0.4) is 0 Å². The lowest BCUT2D eigenvalue weighted by Gasteiger charge is -2.15. The summed E-state index contributed by atoms with van der Waals surface area (Å²) in [7, 11) is 0. The Balaban J connectivity index is 2.48. The standard InChI is InChI=1S/C13H9BrCl2O/c14-10-6-3-5-9(12(10)16)13(17)8-4-1-2-7-11(8)15/h1-7,13,17H. The molecule has 0 amide bonds. The first-order chi connectivity index (χ1) is 8.11. The molecule has 1 unspecified atom stereocenters. The highest BCUT2D eigenvalue weighted by Gasteiger charge is 2.17. The molecule has 1 atom stereocenters. The molecule has 0 saturated carbocycles. The second-order valence-electron chi connectivity index (χ2n) is 3.57. The highest BCUT2D eigenvalue weighted by molar-refractivity contribution is 9.10. The van der Waals surface area contributed by atoms with E-state index in [0.29, 0.717) is 21.2 Å². The van der Waals surface area contributed by atoms with Crippen LogP contribution in [0.2, 0.25) is 10.0 Å². The van der Waals surface area contributed by atoms with Crippen LogP contribution in [0.4, 0.5) is 0 Å². The van der Waals surface area contributed by atoms with Crippen LogP contribution in [0.15, 0.2) is 46.9 Å². The van der Waals surface area contributed by atoms with Gasteiger partial charge >= 0.3 is 0 Å². The molecule has 2 aromatic rings. The fourth-order valence-electron chi connectivity index (χ4n) is 1.60. The van der Waals surface area contributed by atoms with Crippen LogP contribution >= 0.6 is 39.1 Å². The molecule has 17 heavy (non-hydrogen) atoms. The molecule has 0 aliphatic rings. The summed E-state index contributed by atoms with van der Waals surface area (Å²) < 4.78 is 0.753. The molecule has 0 radical (unpaired) electrons.